The quantitative estimate of drug-likeness (QED) is 0.753. The molecule has 0 saturated carbocycles. The molecule has 1 N–H and O–H groups in total. The van der Waals surface area contributed by atoms with E-state index in [-0.39, 0.29) is 47.0 Å². The Morgan fingerprint density at radius 2 is 1.74 bits per heavy atom. The molecule has 1 aliphatic heterocycles. The summed E-state index contributed by atoms with van der Waals surface area (Å²) >= 11 is 0. The van der Waals surface area contributed by atoms with Crippen LogP contribution in [0.1, 0.15) is 35.3 Å². The minimum absolute atomic E-state index is 0.0181. The highest BCUT2D eigenvalue weighted by atomic mass is 32.2. The van der Waals surface area contributed by atoms with Gasteiger partial charge in [-0.05, 0) is 56.7 Å². The molecule has 2 atom stereocenters. The van der Waals surface area contributed by atoms with Crippen molar-refractivity contribution < 1.29 is 31.1 Å². The molecule has 1 aliphatic rings. The van der Waals surface area contributed by atoms with Crippen LogP contribution in [0.3, 0.4) is 0 Å². The highest BCUT2D eigenvalue weighted by Crippen LogP contribution is 2.33. The number of morpholine rings is 1. The molecule has 1 fully saturated rings. The van der Waals surface area contributed by atoms with Crippen LogP contribution in [-0.4, -0.2) is 43.9 Å². The molecular weight excluding hydrogens is 433 g/mol. The molecule has 2 aromatic rings. The zero-order valence-electron chi connectivity index (χ0n) is 17.2. The normalized spacial score (nSPS) is 20.5. The monoisotopic (exact) mass is 456 g/mol. The Morgan fingerprint density at radius 1 is 1.10 bits per heavy atom. The van der Waals surface area contributed by atoms with Gasteiger partial charge in [-0.2, -0.15) is 17.5 Å². The maximum atomic E-state index is 13.1. The van der Waals surface area contributed by atoms with Crippen LogP contribution in [0.5, 0.6) is 0 Å². The predicted molar refractivity (Wildman–Crippen MR) is 109 cm³/mol. The maximum Gasteiger partial charge on any atom is 0.416 e. The smallest absolute Gasteiger partial charge is 0.373 e. The van der Waals surface area contributed by atoms with Gasteiger partial charge in [0.05, 0.1) is 22.7 Å². The average molecular weight is 456 g/mol. The zero-order chi connectivity index (χ0) is 23.0. The Labute approximate surface area is 179 Å². The van der Waals surface area contributed by atoms with E-state index >= 15 is 0 Å². The highest BCUT2D eigenvalue weighted by Gasteiger charge is 2.33. The van der Waals surface area contributed by atoms with E-state index in [1.807, 2.05) is 0 Å². The van der Waals surface area contributed by atoms with Gasteiger partial charge in [0.1, 0.15) is 0 Å². The summed E-state index contributed by atoms with van der Waals surface area (Å²) in [5.74, 6) is -0.710. The summed E-state index contributed by atoms with van der Waals surface area (Å²) in [5, 5.41) is 2.40. The molecule has 2 aromatic carbocycles. The van der Waals surface area contributed by atoms with Crippen molar-refractivity contribution >= 4 is 21.6 Å². The SMILES string of the molecule is Cc1ccc(NC(=O)c2cccc(S(=O)(=O)N3CC(C)OC(C)C3)c2)cc1C(F)(F)F. The molecule has 2 unspecified atom stereocenters. The molecule has 0 radical (unpaired) electrons. The first kappa shape index (κ1) is 23.2. The van der Waals surface area contributed by atoms with Crippen molar-refractivity contribution in [2.45, 2.75) is 44.1 Å². The number of benzene rings is 2. The van der Waals surface area contributed by atoms with Crippen molar-refractivity contribution in [2.24, 2.45) is 0 Å². The van der Waals surface area contributed by atoms with Crippen LogP contribution < -0.4 is 5.32 Å². The lowest BCUT2D eigenvalue weighted by atomic mass is 10.1. The highest BCUT2D eigenvalue weighted by molar-refractivity contribution is 7.89. The largest absolute Gasteiger partial charge is 0.416 e. The molecule has 0 spiro atoms. The van der Waals surface area contributed by atoms with E-state index in [2.05, 4.69) is 5.32 Å². The number of nitrogens with one attached hydrogen (secondary N) is 1. The minimum Gasteiger partial charge on any atom is -0.373 e. The van der Waals surface area contributed by atoms with Crippen molar-refractivity contribution in [3.63, 3.8) is 0 Å². The van der Waals surface area contributed by atoms with E-state index in [4.69, 9.17) is 4.74 Å². The van der Waals surface area contributed by atoms with Crippen LogP contribution in [0, 0.1) is 6.92 Å². The number of carbonyl (C=O) groups is 1. The second kappa shape index (κ2) is 8.60. The number of nitrogens with zero attached hydrogens (tertiary/aromatic N) is 1. The van der Waals surface area contributed by atoms with Gasteiger partial charge in [0, 0.05) is 24.3 Å². The number of alkyl halides is 3. The third-order valence-corrected chi connectivity index (χ3v) is 6.75. The number of hydrogen-bond donors (Lipinski definition) is 1. The van der Waals surface area contributed by atoms with Gasteiger partial charge in [0.2, 0.25) is 10.0 Å². The van der Waals surface area contributed by atoms with Gasteiger partial charge < -0.3 is 10.1 Å². The average Bonchev–Trinajstić information content (AvgIpc) is 2.68. The van der Waals surface area contributed by atoms with Gasteiger partial charge in [-0.3, -0.25) is 4.79 Å². The van der Waals surface area contributed by atoms with Crippen LogP contribution in [0.4, 0.5) is 18.9 Å². The van der Waals surface area contributed by atoms with Crippen LogP contribution in [-0.2, 0) is 20.9 Å². The fraction of sp³-hybridized carbons (Fsp3) is 0.381. The molecule has 0 aromatic heterocycles. The van der Waals surface area contributed by atoms with E-state index in [9.17, 15) is 26.4 Å². The van der Waals surface area contributed by atoms with Crippen LogP contribution >= 0.6 is 0 Å². The fourth-order valence-corrected chi connectivity index (χ4v) is 5.12. The molecule has 0 aliphatic carbocycles. The number of carbonyl (C=O) groups excluding carboxylic acids is 1. The van der Waals surface area contributed by atoms with Crippen LogP contribution in [0.2, 0.25) is 0 Å². The Kier molecular flexibility index (Phi) is 6.45. The van der Waals surface area contributed by atoms with E-state index < -0.39 is 27.7 Å². The topological polar surface area (TPSA) is 75.7 Å². The van der Waals surface area contributed by atoms with E-state index in [0.29, 0.717) is 0 Å². The van der Waals surface area contributed by atoms with Crippen LogP contribution in [0.15, 0.2) is 47.4 Å². The summed E-state index contributed by atoms with van der Waals surface area (Å²) in [6, 6.07) is 8.89. The van der Waals surface area contributed by atoms with Crippen molar-refractivity contribution in [3.05, 3.63) is 59.2 Å². The maximum absolute atomic E-state index is 13.1. The number of aryl methyl sites for hydroxylation is 1. The number of anilines is 1. The standard InChI is InChI=1S/C21H23F3N2O4S/c1-13-7-8-17(10-19(13)21(22,23)24)25-20(27)16-5-4-6-18(9-16)31(28,29)26-11-14(2)30-15(3)12-26/h4-10,14-15H,11-12H2,1-3H3,(H,25,27). The van der Waals surface area contributed by atoms with Gasteiger partial charge in [-0.25, -0.2) is 8.42 Å². The first-order valence-electron chi connectivity index (χ1n) is 9.63. The first-order valence-corrected chi connectivity index (χ1v) is 11.1. The summed E-state index contributed by atoms with van der Waals surface area (Å²) < 4.78 is 72.2. The van der Waals surface area contributed by atoms with E-state index in [1.165, 1.54) is 47.6 Å². The number of rotatable bonds is 4. The fourth-order valence-electron chi connectivity index (χ4n) is 3.48. The van der Waals surface area contributed by atoms with Crippen molar-refractivity contribution in [3.8, 4) is 0 Å². The molecule has 3 rings (SSSR count). The summed E-state index contributed by atoms with van der Waals surface area (Å²) in [5.41, 5.74) is -0.832. The summed E-state index contributed by atoms with van der Waals surface area (Å²) in [6.07, 6.45) is -5.09. The summed E-state index contributed by atoms with van der Waals surface area (Å²) in [7, 11) is -3.86. The molecule has 31 heavy (non-hydrogen) atoms. The van der Waals surface area contributed by atoms with Gasteiger partial charge >= 0.3 is 6.18 Å². The molecule has 1 saturated heterocycles. The number of ether oxygens (including phenoxy) is 1. The summed E-state index contributed by atoms with van der Waals surface area (Å²) in [6.45, 7) is 5.26. The number of hydrogen-bond acceptors (Lipinski definition) is 4. The Bertz CT molecular complexity index is 1080. The second-order valence-corrected chi connectivity index (χ2v) is 9.53. The molecular formula is C21H23F3N2O4S. The lowest BCUT2D eigenvalue weighted by Gasteiger charge is -2.34. The third kappa shape index (κ3) is 5.25. The molecule has 6 nitrogen and oxygen atoms in total. The Balaban J connectivity index is 1.84. The number of halogens is 3. The van der Waals surface area contributed by atoms with Gasteiger partial charge in [-0.15, -0.1) is 0 Å². The Hall–Kier alpha value is -2.43. The van der Waals surface area contributed by atoms with E-state index in [1.54, 1.807) is 13.8 Å². The predicted octanol–water partition coefficient (Wildman–Crippen LogP) is 4.06. The van der Waals surface area contributed by atoms with Crippen LogP contribution in [0.25, 0.3) is 0 Å². The Morgan fingerprint density at radius 3 is 2.35 bits per heavy atom. The summed E-state index contributed by atoms with van der Waals surface area (Å²) in [4.78, 5) is 12.5. The van der Waals surface area contributed by atoms with Gasteiger partial charge in [-0.1, -0.05) is 12.1 Å². The van der Waals surface area contributed by atoms with Gasteiger partial charge in [0.15, 0.2) is 0 Å². The lowest BCUT2D eigenvalue weighted by molar-refractivity contribution is -0.138. The first-order chi connectivity index (χ1) is 14.4. The van der Waals surface area contributed by atoms with E-state index in [0.717, 1.165) is 6.07 Å². The molecule has 0 bridgehead atoms. The molecule has 1 amide bonds. The van der Waals surface area contributed by atoms with Gasteiger partial charge in [0.25, 0.3) is 5.91 Å². The minimum atomic E-state index is -4.55. The molecule has 168 valence electrons. The third-order valence-electron chi connectivity index (χ3n) is 4.92. The van der Waals surface area contributed by atoms with Crippen molar-refractivity contribution in [1.82, 2.24) is 4.31 Å². The lowest BCUT2D eigenvalue weighted by Crippen LogP contribution is -2.48. The zero-order valence-corrected chi connectivity index (χ0v) is 18.0. The second-order valence-electron chi connectivity index (χ2n) is 7.59. The van der Waals surface area contributed by atoms with Crippen molar-refractivity contribution in [2.75, 3.05) is 18.4 Å². The number of sulfonamides is 1. The molecule has 1 heterocycles. The molecule has 10 heteroatoms. The number of amides is 1. The van der Waals surface area contributed by atoms with Crippen molar-refractivity contribution in [1.29, 1.82) is 0 Å².